The van der Waals surface area contributed by atoms with Gasteiger partial charge in [0.15, 0.2) is 0 Å². The van der Waals surface area contributed by atoms with Crippen LogP contribution in [-0.2, 0) is 19.4 Å². The summed E-state index contributed by atoms with van der Waals surface area (Å²) in [5.41, 5.74) is 0.783. The molecule has 1 aliphatic heterocycles. The van der Waals surface area contributed by atoms with Crippen molar-refractivity contribution in [3.05, 3.63) is 40.9 Å². The van der Waals surface area contributed by atoms with Gasteiger partial charge in [-0.2, -0.15) is 0 Å². The highest BCUT2D eigenvalue weighted by Crippen LogP contribution is 2.12. The van der Waals surface area contributed by atoms with E-state index in [1.807, 2.05) is 0 Å². The minimum Gasteiger partial charge on any atom is -0.352 e. The number of hydrogen-bond donors (Lipinski definition) is 2. The van der Waals surface area contributed by atoms with Crippen molar-refractivity contribution < 1.29 is 18.0 Å². The third-order valence-corrected chi connectivity index (χ3v) is 5.57. The van der Waals surface area contributed by atoms with Crippen molar-refractivity contribution in [1.29, 1.82) is 0 Å². The summed E-state index contributed by atoms with van der Waals surface area (Å²) in [5.74, 6) is -0.542. The Bertz CT molecular complexity index is 732. The maximum absolute atomic E-state index is 11.8. The van der Waals surface area contributed by atoms with Crippen molar-refractivity contribution in [3.63, 3.8) is 0 Å². The second-order valence-corrected chi connectivity index (χ2v) is 8.34. The molecular formula is C16H19ClN2O4S. The van der Waals surface area contributed by atoms with E-state index in [-0.39, 0.29) is 30.0 Å². The van der Waals surface area contributed by atoms with Gasteiger partial charge < -0.3 is 10.6 Å². The summed E-state index contributed by atoms with van der Waals surface area (Å²) in [7, 11) is -2.95. The quantitative estimate of drug-likeness (QED) is 0.761. The predicted octanol–water partition coefficient (Wildman–Crippen LogP) is 1.16. The molecule has 1 heterocycles. The smallest absolute Gasteiger partial charge is 0.244 e. The number of hydrogen-bond acceptors (Lipinski definition) is 4. The van der Waals surface area contributed by atoms with Crippen LogP contribution in [0.4, 0.5) is 0 Å². The first-order chi connectivity index (χ1) is 11.3. The van der Waals surface area contributed by atoms with Gasteiger partial charge in [-0.3, -0.25) is 9.59 Å². The molecule has 24 heavy (non-hydrogen) atoms. The van der Waals surface area contributed by atoms with Gasteiger partial charge in [-0.05, 0) is 36.6 Å². The van der Waals surface area contributed by atoms with Crippen LogP contribution in [0, 0.1) is 0 Å². The second-order valence-electron chi connectivity index (χ2n) is 5.60. The maximum Gasteiger partial charge on any atom is 0.244 e. The molecule has 2 N–H and O–H groups in total. The second kappa shape index (κ2) is 8.30. The van der Waals surface area contributed by atoms with Gasteiger partial charge in [-0.15, -0.1) is 0 Å². The van der Waals surface area contributed by atoms with E-state index >= 15 is 0 Å². The van der Waals surface area contributed by atoms with E-state index in [9.17, 15) is 18.0 Å². The van der Waals surface area contributed by atoms with Gasteiger partial charge in [-0.25, -0.2) is 8.42 Å². The Morgan fingerprint density at radius 2 is 1.96 bits per heavy atom. The van der Waals surface area contributed by atoms with Gasteiger partial charge in [0.25, 0.3) is 0 Å². The number of carbonyl (C=O) groups is 2. The average molecular weight is 371 g/mol. The number of carbonyl (C=O) groups excluding carboxylic acids is 2. The minimum atomic E-state index is -2.95. The number of halogens is 1. The molecule has 0 spiro atoms. The molecule has 8 heteroatoms. The van der Waals surface area contributed by atoms with Crippen LogP contribution in [0.15, 0.2) is 30.3 Å². The summed E-state index contributed by atoms with van der Waals surface area (Å²) in [6.45, 7) is -0.151. The molecule has 2 amide bonds. The first-order valence-electron chi connectivity index (χ1n) is 7.55. The lowest BCUT2D eigenvalue weighted by Crippen LogP contribution is -2.44. The fraction of sp³-hybridized carbons (Fsp3) is 0.375. The molecule has 0 radical (unpaired) electrons. The van der Waals surface area contributed by atoms with Crippen molar-refractivity contribution in [3.8, 4) is 0 Å². The van der Waals surface area contributed by atoms with E-state index in [2.05, 4.69) is 10.6 Å². The molecule has 1 aromatic carbocycles. The van der Waals surface area contributed by atoms with Crippen molar-refractivity contribution >= 4 is 39.3 Å². The maximum atomic E-state index is 11.8. The molecule has 6 nitrogen and oxygen atoms in total. The normalized spacial score (nSPS) is 17.5. The molecule has 130 valence electrons. The molecule has 0 saturated carbocycles. The molecule has 0 atom stereocenters. The summed E-state index contributed by atoms with van der Waals surface area (Å²) < 4.78 is 22.6. The molecule has 1 aliphatic rings. The van der Waals surface area contributed by atoms with Crippen LogP contribution in [0.5, 0.6) is 0 Å². The van der Waals surface area contributed by atoms with Crippen LogP contribution in [0.2, 0.25) is 5.02 Å². The standard InChI is InChI=1S/C16H19ClN2O4S/c17-13-3-1-2-12(10-13)4-5-15(20)18-11-16(21)19-14-6-8-24(22,23)9-7-14/h1-5,10,14H,6-9,11H2,(H,18,20)(H,19,21)/b5-4+. The van der Waals surface area contributed by atoms with E-state index in [0.717, 1.165) is 5.56 Å². The Labute approximate surface area is 146 Å². The summed E-state index contributed by atoms with van der Waals surface area (Å²) >= 11 is 5.85. The van der Waals surface area contributed by atoms with Crippen molar-refractivity contribution in [2.75, 3.05) is 18.1 Å². The molecular weight excluding hydrogens is 352 g/mol. The first kappa shape index (κ1) is 18.5. The lowest BCUT2D eigenvalue weighted by Gasteiger charge is -2.22. The van der Waals surface area contributed by atoms with E-state index in [4.69, 9.17) is 11.6 Å². The van der Waals surface area contributed by atoms with Gasteiger partial charge in [-0.1, -0.05) is 23.7 Å². The van der Waals surface area contributed by atoms with Crippen LogP contribution < -0.4 is 10.6 Å². The van der Waals surface area contributed by atoms with Crippen LogP contribution >= 0.6 is 11.6 Å². The van der Waals surface area contributed by atoms with Gasteiger partial charge >= 0.3 is 0 Å². The van der Waals surface area contributed by atoms with Crippen molar-refractivity contribution in [2.24, 2.45) is 0 Å². The molecule has 2 rings (SSSR count). The Hall–Kier alpha value is -1.86. The van der Waals surface area contributed by atoms with Gasteiger partial charge in [0.2, 0.25) is 11.8 Å². The zero-order chi connectivity index (χ0) is 17.6. The molecule has 1 fully saturated rings. The lowest BCUT2D eigenvalue weighted by atomic mass is 10.1. The predicted molar refractivity (Wildman–Crippen MR) is 93.3 cm³/mol. The zero-order valence-corrected chi connectivity index (χ0v) is 14.6. The topological polar surface area (TPSA) is 92.3 Å². The third-order valence-electron chi connectivity index (χ3n) is 3.62. The molecule has 0 unspecified atom stereocenters. The molecule has 0 bridgehead atoms. The van der Waals surface area contributed by atoms with Crippen LogP contribution in [0.1, 0.15) is 18.4 Å². The average Bonchev–Trinajstić information content (AvgIpc) is 2.53. The van der Waals surface area contributed by atoms with Crippen LogP contribution in [-0.4, -0.2) is 44.3 Å². The fourth-order valence-corrected chi connectivity index (χ4v) is 4.01. The van der Waals surface area contributed by atoms with Crippen LogP contribution in [0.25, 0.3) is 6.08 Å². The van der Waals surface area contributed by atoms with Crippen LogP contribution in [0.3, 0.4) is 0 Å². The molecule has 1 saturated heterocycles. The molecule has 1 aromatic rings. The van der Waals surface area contributed by atoms with E-state index < -0.39 is 15.7 Å². The minimum absolute atomic E-state index is 0.0900. The number of rotatable bonds is 5. The van der Waals surface area contributed by atoms with Gasteiger partial charge in [0.05, 0.1) is 18.1 Å². The number of sulfone groups is 1. The Kier molecular flexibility index (Phi) is 6.39. The highest BCUT2D eigenvalue weighted by Gasteiger charge is 2.24. The monoisotopic (exact) mass is 370 g/mol. The van der Waals surface area contributed by atoms with Crippen molar-refractivity contribution in [2.45, 2.75) is 18.9 Å². The zero-order valence-electron chi connectivity index (χ0n) is 13.0. The number of nitrogens with one attached hydrogen (secondary N) is 2. The summed E-state index contributed by atoms with van der Waals surface area (Å²) in [6.07, 6.45) is 3.75. The van der Waals surface area contributed by atoms with Gasteiger partial charge in [0.1, 0.15) is 9.84 Å². The number of amides is 2. The summed E-state index contributed by atoms with van der Waals surface area (Å²) in [6, 6.07) is 6.88. The Morgan fingerprint density at radius 1 is 1.25 bits per heavy atom. The third kappa shape index (κ3) is 6.33. The highest BCUT2D eigenvalue weighted by atomic mass is 35.5. The highest BCUT2D eigenvalue weighted by molar-refractivity contribution is 7.91. The SMILES string of the molecule is O=C(/C=C/c1cccc(Cl)c1)NCC(=O)NC1CCS(=O)(=O)CC1. The van der Waals surface area contributed by atoms with E-state index in [1.165, 1.54) is 6.08 Å². The molecule has 0 aromatic heterocycles. The van der Waals surface area contributed by atoms with Crippen molar-refractivity contribution in [1.82, 2.24) is 10.6 Å². The van der Waals surface area contributed by atoms with Gasteiger partial charge in [0, 0.05) is 17.1 Å². The lowest BCUT2D eigenvalue weighted by molar-refractivity contribution is -0.124. The Morgan fingerprint density at radius 3 is 2.62 bits per heavy atom. The number of benzene rings is 1. The van der Waals surface area contributed by atoms with E-state index in [1.54, 1.807) is 30.3 Å². The fourth-order valence-electron chi connectivity index (χ4n) is 2.32. The largest absolute Gasteiger partial charge is 0.352 e. The molecule has 0 aliphatic carbocycles. The summed E-state index contributed by atoms with van der Waals surface area (Å²) in [5, 5.41) is 5.79. The Balaban J connectivity index is 1.72. The summed E-state index contributed by atoms with van der Waals surface area (Å²) in [4.78, 5) is 23.5. The van der Waals surface area contributed by atoms with E-state index in [0.29, 0.717) is 17.9 Å². The first-order valence-corrected chi connectivity index (χ1v) is 9.75.